The van der Waals surface area contributed by atoms with Crippen molar-refractivity contribution in [3.63, 3.8) is 0 Å². The average Bonchev–Trinajstić information content (AvgIpc) is 2.29. The Hall–Kier alpha value is -0.840. The summed E-state index contributed by atoms with van der Waals surface area (Å²) in [4.78, 5) is 4.06. The zero-order valence-corrected chi connectivity index (χ0v) is 12.3. The highest BCUT2D eigenvalue weighted by atomic mass is 35.5. The van der Waals surface area contributed by atoms with E-state index < -0.39 is 0 Å². The Bertz CT molecular complexity index is 555. The molecule has 0 saturated heterocycles. The highest BCUT2D eigenvalue weighted by molar-refractivity contribution is 7.98. The van der Waals surface area contributed by atoms with Crippen LogP contribution in [0.1, 0.15) is 16.7 Å². The van der Waals surface area contributed by atoms with Crippen LogP contribution >= 0.6 is 35.0 Å². The molecule has 0 amide bonds. The standard InChI is InChI=1S/C12H11Cl2N3S/c1-7-3-8(2)5-9(4-7)6-18-11-10(13)16-17-12(14)15-11/h3-5H,6H2,1-2H3. The van der Waals surface area contributed by atoms with Gasteiger partial charge in [-0.2, -0.15) is 0 Å². The van der Waals surface area contributed by atoms with Gasteiger partial charge in [0.2, 0.25) is 5.28 Å². The van der Waals surface area contributed by atoms with Crippen molar-refractivity contribution < 1.29 is 0 Å². The number of thioether (sulfide) groups is 1. The van der Waals surface area contributed by atoms with Gasteiger partial charge in [-0.25, -0.2) is 4.98 Å². The van der Waals surface area contributed by atoms with Gasteiger partial charge in [-0.3, -0.25) is 0 Å². The number of aryl methyl sites for hydroxylation is 2. The van der Waals surface area contributed by atoms with Gasteiger partial charge >= 0.3 is 0 Å². The first kappa shape index (κ1) is 13.6. The fourth-order valence-electron chi connectivity index (χ4n) is 1.68. The van der Waals surface area contributed by atoms with Crippen LogP contribution in [-0.4, -0.2) is 15.2 Å². The molecule has 1 heterocycles. The summed E-state index contributed by atoms with van der Waals surface area (Å²) in [5.74, 6) is 0.775. The summed E-state index contributed by atoms with van der Waals surface area (Å²) in [6.45, 7) is 4.16. The molecule has 2 rings (SSSR count). The normalized spacial score (nSPS) is 10.7. The summed E-state index contributed by atoms with van der Waals surface area (Å²) >= 11 is 13.1. The molecule has 1 aromatic carbocycles. The highest BCUT2D eigenvalue weighted by Crippen LogP contribution is 2.27. The molecule has 0 saturated carbocycles. The number of hydrogen-bond donors (Lipinski definition) is 0. The van der Waals surface area contributed by atoms with Gasteiger partial charge in [0.1, 0.15) is 5.03 Å². The predicted octanol–water partition coefficient (Wildman–Crippen LogP) is 4.09. The molecule has 6 heteroatoms. The van der Waals surface area contributed by atoms with E-state index in [0.717, 1.165) is 5.75 Å². The zero-order valence-electron chi connectivity index (χ0n) is 9.94. The van der Waals surface area contributed by atoms with Gasteiger partial charge in [-0.15, -0.1) is 10.2 Å². The average molecular weight is 300 g/mol. The molecular weight excluding hydrogens is 289 g/mol. The summed E-state index contributed by atoms with van der Waals surface area (Å²) in [6, 6.07) is 6.43. The summed E-state index contributed by atoms with van der Waals surface area (Å²) in [5.41, 5.74) is 3.72. The molecule has 18 heavy (non-hydrogen) atoms. The van der Waals surface area contributed by atoms with Crippen LogP contribution in [0.2, 0.25) is 10.4 Å². The third kappa shape index (κ3) is 3.57. The van der Waals surface area contributed by atoms with Crippen LogP contribution in [0.15, 0.2) is 23.2 Å². The molecule has 0 radical (unpaired) electrons. The fourth-order valence-corrected chi connectivity index (χ4v) is 2.87. The number of rotatable bonds is 3. The van der Waals surface area contributed by atoms with Crippen molar-refractivity contribution in [3.05, 3.63) is 45.3 Å². The summed E-state index contributed by atoms with van der Waals surface area (Å²) < 4.78 is 0. The number of nitrogens with zero attached hydrogens (tertiary/aromatic N) is 3. The van der Waals surface area contributed by atoms with Crippen LogP contribution in [0.25, 0.3) is 0 Å². The molecule has 0 unspecified atom stereocenters. The Kier molecular flexibility index (Phi) is 4.43. The van der Waals surface area contributed by atoms with Crippen molar-refractivity contribution in [2.24, 2.45) is 0 Å². The third-order valence-corrected chi connectivity index (χ3v) is 3.81. The van der Waals surface area contributed by atoms with Crippen molar-refractivity contribution in [3.8, 4) is 0 Å². The lowest BCUT2D eigenvalue weighted by Gasteiger charge is -2.05. The van der Waals surface area contributed by atoms with Crippen LogP contribution in [0.5, 0.6) is 0 Å². The van der Waals surface area contributed by atoms with E-state index >= 15 is 0 Å². The second-order valence-electron chi connectivity index (χ2n) is 3.96. The second kappa shape index (κ2) is 5.87. The SMILES string of the molecule is Cc1cc(C)cc(CSc2nc(Cl)nnc2Cl)c1. The number of aromatic nitrogens is 3. The van der Waals surface area contributed by atoms with Crippen molar-refractivity contribution >= 4 is 35.0 Å². The van der Waals surface area contributed by atoms with Crippen LogP contribution in [-0.2, 0) is 5.75 Å². The Balaban J connectivity index is 2.13. The fraction of sp³-hybridized carbons (Fsp3) is 0.250. The lowest BCUT2D eigenvalue weighted by Crippen LogP contribution is -1.92. The summed E-state index contributed by atoms with van der Waals surface area (Å²) in [7, 11) is 0. The highest BCUT2D eigenvalue weighted by Gasteiger charge is 2.07. The van der Waals surface area contributed by atoms with Crippen LogP contribution < -0.4 is 0 Å². The molecule has 0 bridgehead atoms. The maximum absolute atomic E-state index is 5.91. The van der Waals surface area contributed by atoms with Crippen LogP contribution in [0.3, 0.4) is 0 Å². The van der Waals surface area contributed by atoms with Gasteiger partial charge in [-0.1, -0.05) is 52.7 Å². The molecular formula is C12H11Cl2N3S. The molecule has 0 fully saturated rings. The van der Waals surface area contributed by atoms with Crippen molar-refractivity contribution in [2.45, 2.75) is 24.6 Å². The Morgan fingerprint density at radius 1 is 1.06 bits per heavy atom. The molecule has 0 N–H and O–H groups in total. The predicted molar refractivity (Wildman–Crippen MR) is 75.3 cm³/mol. The molecule has 0 spiro atoms. The van der Waals surface area contributed by atoms with Gasteiger partial charge in [0.25, 0.3) is 0 Å². The molecule has 3 nitrogen and oxygen atoms in total. The van der Waals surface area contributed by atoms with Gasteiger partial charge in [0, 0.05) is 5.75 Å². The van der Waals surface area contributed by atoms with E-state index in [9.17, 15) is 0 Å². The number of benzene rings is 1. The first-order valence-electron chi connectivity index (χ1n) is 5.30. The summed E-state index contributed by atoms with van der Waals surface area (Å²) in [5, 5.41) is 8.31. The van der Waals surface area contributed by atoms with Crippen LogP contribution in [0.4, 0.5) is 0 Å². The van der Waals surface area contributed by atoms with Crippen molar-refractivity contribution in [1.82, 2.24) is 15.2 Å². The van der Waals surface area contributed by atoms with Gasteiger partial charge < -0.3 is 0 Å². The van der Waals surface area contributed by atoms with E-state index in [2.05, 4.69) is 47.2 Å². The summed E-state index contributed by atoms with van der Waals surface area (Å²) in [6.07, 6.45) is 0. The Labute approximate surface area is 120 Å². The van der Waals surface area contributed by atoms with Gasteiger partial charge in [0.15, 0.2) is 5.15 Å². The first-order valence-corrected chi connectivity index (χ1v) is 7.04. The maximum atomic E-state index is 5.91. The molecule has 0 aliphatic rings. The van der Waals surface area contributed by atoms with Gasteiger partial charge in [0.05, 0.1) is 0 Å². The third-order valence-electron chi connectivity index (χ3n) is 2.25. The lowest BCUT2D eigenvalue weighted by molar-refractivity contribution is 0.904. The lowest BCUT2D eigenvalue weighted by atomic mass is 10.1. The van der Waals surface area contributed by atoms with Crippen LogP contribution in [0, 0.1) is 13.8 Å². The van der Waals surface area contributed by atoms with E-state index in [0.29, 0.717) is 5.03 Å². The molecule has 2 aromatic rings. The van der Waals surface area contributed by atoms with Gasteiger partial charge in [-0.05, 0) is 31.0 Å². The van der Waals surface area contributed by atoms with Crippen molar-refractivity contribution in [2.75, 3.05) is 0 Å². The van der Waals surface area contributed by atoms with E-state index in [-0.39, 0.29) is 10.4 Å². The molecule has 0 atom stereocenters. The number of hydrogen-bond acceptors (Lipinski definition) is 4. The molecule has 0 aliphatic carbocycles. The minimum absolute atomic E-state index is 0.113. The molecule has 0 aliphatic heterocycles. The minimum atomic E-state index is 0.113. The maximum Gasteiger partial charge on any atom is 0.244 e. The topological polar surface area (TPSA) is 38.7 Å². The second-order valence-corrected chi connectivity index (χ2v) is 5.62. The largest absolute Gasteiger partial charge is 0.244 e. The van der Waals surface area contributed by atoms with E-state index in [1.807, 2.05) is 0 Å². The Morgan fingerprint density at radius 2 is 1.72 bits per heavy atom. The van der Waals surface area contributed by atoms with Crippen molar-refractivity contribution in [1.29, 1.82) is 0 Å². The number of halogens is 2. The molecule has 94 valence electrons. The van der Waals surface area contributed by atoms with E-state index in [1.54, 1.807) is 0 Å². The minimum Gasteiger partial charge on any atom is -0.207 e. The smallest absolute Gasteiger partial charge is 0.207 e. The van der Waals surface area contributed by atoms with E-state index in [4.69, 9.17) is 23.2 Å². The van der Waals surface area contributed by atoms with E-state index in [1.165, 1.54) is 28.5 Å². The first-order chi connectivity index (χ1) is 8.54. The zero-order chi connectivity index (χ0) is 13.1. The molecule has 1 aromatic heterocycles. The monoisotopic (exact) mass is 299 g/mol. The Morgan fingerprint density at radius 3 is 2.39 bits per heavy atom. The quantitative estimate of drug-likeness (QED) is 0.800.